The third kappa shape index (κ3) is 3.21. The van der Waals surface area contributed by atoms with Crippen LogP contribution in [-0.2, 0) is 19.1 Å². The fourth-order valence-corrected chi connectivity index (χ4v) is 2.38. The summed E-state index contributed by atoms with van der Waals surface area (Å²) in [6.07, 6.45) is 2.53. The van der Waals surface area contributed by atoms with Crippen molar-refractivity contribution in [3.05, 3.63) is 0 Å². The standard InChI is InChI=1S/C13H18N4O4/c18-11-4-3-9(15-16-11)13(20)17-5-6-21-7-10(17)12(19)14-8-1-2-8/h8,10H,1-7H2,(H,14,19)(H,16,18). The largest absolute Gasteiger partial charge is 0.377 e. The second kappa shape index (κ2) is 5.80. The smallest absolute Gasteiger partial charge is 0.270 e. The molecule has 0 spiro atoms. The van der Waals surface area contributed by atoms with E-state index >= 15 is 0 Å². The van der Waals surface area contributed by atoms with Crippen LogP contribution in [0.25, 0.3) is 0 Å². The van der Waals surface area contributed by atoms with Crippen LogP contribution in [0.3, 0.4) is 0 Å². The molecular formula is C13H18N4O4. The van der Waals surface area contributed by atoms with Gasteiger partial charge in [-0.3, -0.25) is 14.4 Å². The zero-order valence-electron chi connectivity index (χ0n) is 11.6. The van der Waals surface area contributed by atoms with E-state index < -0.39 is 6.04 Å². The molecule has 8 nitrogen and oxygen atoms in total. The Kier molecular flexibility index (Phi) is 3.87. The summed E-state index contributed by atoms with van der Waals surface area (Å²) in [7, 11) is 0. The summed E-state index contributed by atoms with van der Waals surface area (Å²) in [5.41, 5.74) is 2.60. The van der Waals surface area contributed by atoms with Crippen LogP contribution in [-0.4, -0.2) is 60.2 Å². The van der Waals surface area contributed by atoms with E-state index in [2.05, 4.69) is 15.8 Å². The minimum atomic E-state index is -0.618. The van der Waals surface area contributed by atoms with Crippen molar-refractivity contribution in [2.45, 2.75) is 37.8 Å². The highest BCUT2D eigenvalue weighted by atomic mass is 16.5. The molecule has 0 bridgehead atoms. The fourth-order valence-electron chi connectivity index (χ4n) is 2.38. The van der Waals surface area contributed by atoms with E-state index in [9.17, 15) is 14.4 Å². The zero-order chi connectivity index (χ0) is 14.8. The molecule has 3 amide bonds. The summed E-state index contributed by atoms with van der Waals surface area (Å²) in [6, 6.07) is -0.380. The number of nitrogens with zero attached hydrogens (tertiary/aromatic N) is 2. The third-order valence-corrected chi connectivity index (χ3v) is 3.77. The van der Waals surface area contributed by atoms with Crippen molar-refractivity contribution in [1.29, 1.82) is 0 Å². The molecule has 0 radical (unpaired) electrons. The summed E-state index contributed by atoms with van der Waals surface area (Å²) < 4.78 is 5.33. The molecule has 0 aromatic rings. The summed E-state index contributed by atoms with van der Waals surface area (Å²) in [4.78, 5) is 37.3. The molecule has 2 N–H and O–H groups in total. The minimum absolute atomic E-state index is 0.175. The van der Waals surface area contributed by atoms with Gasteiger partial charge >= 0.3 is 0 Å². The Morgan fingerprint density at radius 1 is 1.33 bits per heavy atom. The predicted molar refractivity (Wildman–Crippen MR) is 72.3 cm³/mol. The topological polar surface area (TPSA) is 100 Å². The second-order valence-electron chi connectivity index (χ2n) is 5.47. The normalized spacial score (nSPS) is 25.9. The Bertz CT molecular complexity index is 500. The monoisotopic (exact) mass is 294 g/mol. The zero-order valence-corrected chi connectivity index (χ0v) is 11.6. The molecule has 21 heavy (non-hydrogen) atoms. The summed E-state index contributed by atoms with van der Waals surface area (Å²) in [5, 5.41) is 6.70. The van der Waals surface area contributed by atoms with E-state index in [1.807, 2.05) is 0 Å². The van der Waals surface area contributed by atoms with Crippen molar-refractivity contribution in [1.82, 2.24) is 15.6 Å². The quantitative estimate of drug-likeness (QED) is 0.680. The van der Waals surface area contributed by atoms with Crippen molar-refractivity contribution in [2.75, 3.05) is 19.8 Å². The highest BCUT2D eigenvalue weighted by Crippen LogP contribution is 2.20. The van der Waals surface area contributed by atoms with E-state index in [0.717, 1.165) is 12.8 Å². The number of morpholine rings is 1. The Morgan fingerprint density at radius 3 is 2.81 bits per heavy atom. The number of ether oxygens (including phenoxy) is 1. The first-order chi connectivity index (χ1) is 10.1. The molecule has 8 heteroatoms. The van der Waals surface area contributed by atoms with E-state index in [1.54, 1.807) is 0 Å². The van der Waals surface area contributed by atoms with Crippen molar-refractivity contribution in [3.8, 4) is 0 Å². The maximum atomic E-state index is 12.5. The van der Waals surface area contributed by atoms with Crippen LogP contribution in [0.4, 0.5) is 0 Å². The van der Waals surface area contributed by atoms with Gasteiger partial charge in [-0.1, -0.05) is 0 Å². The lowest BCUT2D eigenvalue weighted by Gasteiger charge is -2.35. The van der Waals surface area contributed by atoms with Crippen LogP contribution in [0, 0.1) is 0 Å². The van der Waals surface area contributed by atoms with Crippen molar-refractivity contribution in [3.63, 3.8) is 0 Å². The third-order valence-electron chi connectivity index (χ3n) is 3.77. The Labute approximate surface area is 121 Å². The van der Waals surface area contributed by atoms with Crippen molar-refractivity contribution >= 4 is 23.4 Å². The molecule has 0 aromatic carbocycles. The highest BCUT2D eigenvalue weighted by Gasteiger charge is 2.37. The van der Waals surface area contributed by atoms with Gasteiger partial charge in [-0.05, 0) is 12.8 Å². The number of hydrogen-bond acceptors (Lipinski definition) is 5. The lowest BCUT2D eigenvalue weighted by Crippen LogP contribution is -2.58. The van der Waals surface area contributed by atoms with Crippen LogP contribution in [0.5, 0.6) is 0 Å². The number of amides is 3. The van der Waals surface area contributed by atoms with Gasteiger partial charge < -0.3 is 15.0 Å². The second-order valence-corrected chi connectivity index (χ2v) is 5.47. The molecular weight excluding hydrogens is 276 g/mol. The van der Waals surface area contributed by atoms with Crippen LogP contribution in [0.2, 0.25) is 0 Å². The van der Waals surface area contributed by atoms with Gasteiger partial charge in [0.05, 0.1) is 13.2 Å². The first-order valence-corrected chi connectivity index (χ1v) is 7.19. The van der Waals surface area contributed by atoms with Gasteiger partial charge in [0, 0.05) is 25.4 Å². The lowest BCUT2D eigenvalue weighted by molar-refractivity contribution is -0.144. The van der Waals surface area contributed by atoms with Gasteiger partial charge in [-0.15, -0.1) is 0 Å². The Hall–Kier alpha value is -1.96. The maximum Gasteiger partial charge on any atom is 0.270 e. The number of rotatable bonds is 3. The molecule has 2 heterocycles. The number of hydrogen-bond donors (Lipinski definition) is 2. The average molecular weight is 294 g/mol. The Balaban J connectivity index is 1.69. The van der Waals surface area contributed by atoms with Gasteiger partial charge in [-0.2, -0.15) is 5.10 Å². The van der Waals surface area contributed by atoms with E-state index in [0.29, 0.717) is 25.3 Å². The van der Waals surface area contributed by atoms with Gasteiger partial charge in [0.1, 0.15) is 11.8 Å². The number of carbonyl (C=O) groups excluding carboxylic acids is 3. The van der Waals surface area contributed by atoms with Gasteiger partial charge in [0.2, 0.25) is 11.8 Å². The maximum absolute atomic E-state index is 12.5. The Morgan fingerprint density at radius 2 is 2.14 bits per heavy atom. The van der Waals surface area contributed by atoms with Gasteiger partial charge in [0.25, 0.3) is 5.91 Å². The predicted octanol–water partition coefficient (Wildman–Crippen LogP) is -1.24. The molecule has 114 valence electrons. The molecule has 2 aliphatic heterocycles. The van der Waals surface area contributed by atoms with Crippen molar-refractivity contribution < 1.29 is 19.1 Å². The number of carbonyl (C=O) groups is 3. The lowest BCUT2D eigenvalue weighted by atomic mass is 10.1. The highest BCUT2D eigenvalue weighted by molar-refractivity contribution is 6.39. The summed E-state index contributed by atoms with van der Waals surface area (Å²) >= 11 is 0. The van der Waals surface area contributed by atoms with Crippen LogP contribution >= 0.6 is 0 Å². The first-order valence-electron chi connectivity index (χ1n) is 7.19. The SMILES string of the molecule is O=C1CCC(C(=O)N2CCOCC2C(=O)NC2CC2)=NN1. The van der Waals surface area contributed by atoms with E-state index in [1.165, 1.54) is 4.90 Å². The van der Waals surface area contributed by atoms with Gasteiger partial charge in [-0.25, -0.2) is 5.43 Å². The minimum Gasteiger partial charge on any atom is -0.377 e. The molecule has 1 saturated heterocycles. The van der Waals surface area contributed by atoms with Gasteiger partial charge in [0.15, 0.2) is 0 Å². The van der Waals surface area contributed by atoms with Crippen LogP contribution in [0.1, 0.15) is 25.7 Å². The average Bonchev–Trinajstić information content (AvgIpc) is 3.31. The van der Waals surface area contributed by atoms with Crippen LogP contribution < -0.4 is 10.7 Å². The molecule has 1 saturated carbocycles. The molecule has 2 fully saturated rings. The molecule has 1 atom stereocenters. The fraction of sp³-hybridized carbons (Fsp3) is 0.692. The number of nitrogens with one attached hydrogen (secondary N) is 2. The number of hydrazone groups is 1. The van der Waals surface area contributed by atoms with Crippen molar-refractivity contribution in [2.24, 2.45) is 5.10 Å². The van der Waals surface area contributed by atoms with E-state index in [-0.39, 0.29) is 36.8 Å². The molecule has 3 rings (SSSR count). The summed E-state index contributed by atoms with van der Waals surface area (Å²) in [5.74, 6) is -0.670. The van der Waals surface area contributed by atoms with Crippen LogP contribution in [0.15, 0.2) is 5.10 Å². The van der Waals surface area contributed by atoms with E-state index in [4.69, 9.17) is 4.74 Å². The molecule has 3 aliphatic rings. The molecule has 0 aromatic heterocycles. The first kappa shape index (κ1) is 14.0. The summed E-state index contributed by atoms with van der Waals surface area (Å²) in [6.45, 7) is 0.955. The molecule has 1 aliphatic carbocycles. The molecule has 1 unspecified atom stereocenters.